The van der Waals surface area contributed by atoms with Gasteiger partial charge in [0.15, 0.2) is 0 Å². The van der Waals surface area contributed by atoms with Gasteiger partial charge in [-0.2, -0.15) is 0 Å². The molecule has 1 atom stereocenters. The van der Waals surface area contributed by atoms with Gasteiger partial charge in [0.05, 0.1) is 11.3 Å². The van der Waals surface area contributed by atoms with Crippen molar-refractivity contribution < 1.29 is 0 Å². The van der Waals surface area contributed by atoms with E-state index in [1.165, 1.54) is 0 Å². The molecule has 3 heteroatoms. The monoisotopic (exact) mass is 141 g/mol. The topological polar surface area (TPSA) is 73.7 Å². The second kappa shape index (κ2) is 2.92. The predicted molar refractivity (Wildman–Crippen MR) is 43.9 cm³/mol. The smallest absolute Gasteiger partial charge is 0.0687 e. The molecule has 1 unspecified atom stereocenters. The summed E-state index contributed by atoms with van der Waals surface area (Å²) < 4.78 is 0. The van der Waals surface area contributed by atoms with Gasteiger partial charge in [-0.15, -0.1) is 0 Å². The third-order valence-electron chi connectivity index (χ3n) is 1.92. The molecule has 3 nitrogen and oxygen atoms in total. The average molecular weight is 141 g/mol. The Bertz CT molecular complexity index is 147. The number of nitrogens with one attached hydrogen (secondary N) is 2. The number of hydrogen-bond donors (Lipinski definition) is 3. The molecule has 0 aromatic heterocycles. The molecule has 0 spiro atoms. The number of rotatable bonds is 3. The van der Waals surface area contributed by atoms with Gasteiger partial charge in [0.1, 0.15) is 0 Å². The first-order valence-electron chi connectivity index (χ1n) is 3.31. The van der Waals surface area contributed by atoms with Crippen molar-refractivity contribution in [2.45, 2.75) is 26.3 Å². The standard InChI is InChI=1S/C7H15N3/c1-5(2)7(3,10)6(9)4-8/h4-5,8-9H,10H2,1-3H3. The van der Waals surface area contributed by atoms with Gasteiger partial charge in [-0.1, -0.05) is 13.8 Å². The van der Waals surface area contributed by atoms with Gasteiger partial charge in [-0.25, -0.2) is 0 Å². The number of hydrogen-bond acceptors (Lipinski definition) is 3. The zero-order valence-corrected chi connectivity index (χ0v) is 6.73. The Labute approximate surface area is 61.6 Å². The molecule has 4 N–H and O–H groups in total. The summed E-state index contributed by atoms with van der Waals surface area (Å²) in [6, 6.07) is 0. The molecule has 0 aromatic rings. The molecule has 0 radical (unpaired) electrons. The zero-order chi connectivity index (χ0) is 8.36. The van der Waals surface area contributed by atoms with Crippen molar-refractivity contribution >= 4 is 11.9 Å². The van der Waals surface area contributed by atoms with E-state index in [0.29, 0.717) is 0 Å². The van der Waals surface area contributed by atoms with Gasteiger partial charge in [0.2, 0.25) is 0 Å². The molecule has 0 heterocycles. The molecule has 0 rings (SSSR count). The van der Waals surface area contributed by atoms with E-state index >= 15 is 0 Å². The van der Waals surface area contributed by atoms with Gasteiger partial charge >= 0.3 is 0 Å². The van der Waals surface area contributed by atoms with Crippen molar-refractivity contribution in [3.63, 3.8) is 0 Å². The van der Waals surface area contributed by atoms with E-state index in [9.17, 15) is 0 Å². The van der Waals surface area contributed by atoms with Crippen LogP contribution < -0.4 is 5.73 Å². The maximum absolute atomic E-state index is 7.30. The Morgan fingerprint density at radius 2 is 2.00 bits per heavy atom. The Hall–Kier alpha value is -0.700. The molecule has 0 aliphatic rings. The predicted octanol–water partition coefficient (Wildman–Crippen LogP) is 1.03. The Balaban J connectivity index is 4.39. The van der Waals surface area contributed by atoms with Gasteiger partial charge in [-0.3, -0.25) is 0 Å². The van der Waals surface area contributed by atoms with E-state index in [0.717, 1.165) is 6.21 Å². The van der Waals surface area contributed by atoms with Crippen molar-refractivity contribution in [3.05, 3.63) is 0 Å². The summed E-state index contributed by atoms with van der Waals surface area (Å²) in [6.45, 7) is 5.65. The van der Waals surface area contributed by atoms with Crippen molar-refractivity contribution in [1.82, 2.24) is 0 Å². The van der Waals surface area contributed by atoms with E-state index in [1.54, 1.807) is 6.92 Å². The van der Waals surface area contributed by atoms with Gasteiger partial charge < -0.3 is 16.6 Å². The van der Waals surface area contributed by atoms with Crippen LogP contribution >= 0.6 is 0 Å². The molecular formula is C7H15N3. The van der Waals surface area contributed by atoms with Crippen LogP contribution in [0.4, 0.5) is 0 Å². The van der Waals surface area contributed by atoms with Crippen LogP contribution in [0.15, 0.2) is 0 Å². The minimum Gasteiger partial charge on any atom is -0.320 e. The van der Waals surface area contributed by atoms with Gasteiger partial charge in [0, 0.05) is 6.21 Å². The van der Waals surface area contributed by atoms with Crippen LogP contribution in [0, 0.1) is 16.7 Å². The van der Waals surface area contributed by atoms with Crippen molar-refractivity contribution in [1.29, 1.82) is 10.8 Å². The van der Waals surface area contributed by atoms with Crippen molar-refractivity contribution in [2.75, 3.05) is 0 Å². The molecule has 0 saturated heterocycles. The summed E-state index contributed by atoms with van der Waals surface area (Å²) in [5.41, 5.74) is 5.27. The van der Waals surface area contributed by atoms with Crippen LogP contribution in [0.3, 0.4) is 0 Å². The summed E-state index contributed by atoms with van der Waals surface area (Å²) in [7, 11) is 0. The van der Waals surface area contributed by atoms with Crippen LogP contribution in [-0.4, -0.2) is 17.5 Å². The molecule has 0 aliphatic carbocycles. The van der Waals surface area contributed by atoms with Crippen LogP contribution in [0.25, 0.3) is 0 Å². The van der Waals surface area contributed by atoms with E-state index < -0.39 is 5.54 Å². The Morgan fingerprint density at radius 1 is 1.60 bits per heavy atom. The zero-order valence-electron chi connectivity index (χ0n) is 6.73. The average Bonchev–Trinajstić information content (AvgIpc) is 1.86. The first-order chi connectivity index (χ1) is 4.42. The second-order valence-electron chi connectivity index (χ2n) is 3.00. The maximum Gasteiger partial charge on any atom is 0.0687 e. The lowest BCUT2D eigenvalue weighted by Gasteiger charge is -2.27. The SMILES string of the molecule is CC(C)C(C)(N)C(=N)C=N. The molecule has 0 aliphatic heterocycles. The highest BCUT2D eigenvalue weighted by molar-refractivity contribution is 6.31. The summed E-state index contributed by atoms with van der Waals surface area (Å²) in [6.07, 6.45) is 1.00. The molecule has 0 fully saturated rings. The fourth-order valence-electron chi connectivity index (χ4n) is 0.467. The molecular weight excluding hydrogens is 126 g/mol. The largest absolute Gasteiger partial charge is 0.320 e. The third kappa shape index (κ3) is 1.64. The fourth-order valence-corrected chi connectivity index (χ4v) is 0.467. The molecule has 0 bridgehead atoms. The number of nitrogens with two attached hydrogens (primary N) is 1. The van der Waals surface area contributed by atoms with Crippen LogP contribution in [0.2, 0.25) is 0 Å². The lowest BCUT2D eigenvalue weighted by atomic mass is 9.85. The van der Waals surface area contributed by atoms with E-state index in [-0.39, 0.29) is 11.6 Å². The highest BCUT2D eigenvalue weighted by Gasteiger charge is 2.26. The Morgan fingerprint density at radius 3 is 2.10 bits per heavy atom. The summed E-state index contributed by atoms with van der Waals surface area (Å²) >= 11 is 0. The highest BCUT2D eigenvalue weighted by atomic mass is 14.8. The summed E-state index contributed by atoms with van der Waals surface area (Å²) in [5.74, 6) is 0.196. The lowest BCUT2D eigenvalue weighted by molar-refractivity contribution is 0.450. The first-order valence-corrected chi connectivity index (χ1v) is 3.31. The third-order valence-corrected chi connectivity index (χ3v) is 1.92. The van der Waals surface area contributed by atoms with E-state index in [4.69, 9.17) is 16.6 Å². The summed E-state index contributed by atoms with van der Waals surface area (Å²) in [5, 5.41) is 14.1. The molecule has 58 valence electrons. The van der Waals surface area contributed by atoms with Crippen LogP contribution in [-0.2, 0) is 0 Å². The lowest BCUT2D eigenvalue weighted by Crippen LogP contribution is -2.49. The van der Waals surface area contributed by atoms with Crippen LogP contribution in [0.1, 0.15) is 20.8 Å². The van der Waals surface area contributed by atoms with E-state index in [1.807, 2.05) is 13.8 Å². The molecule has 0 aromatic carbocycles. The minimum absolute atomic E-state index is 0.183. The molecule has 0 saturated carbocycles. The van der Waals surface area contributed by atoms with Crippen molar-refractivity contribution in [3.8, 4) is 0 Å². The van der Waals surface area contributed by atoms with Gasteiger partial charge in [0.25, 0.3) is 0 Å². The first kappa shape index (κ1) is 9.30. The summed E-state index contributed by atoms with van der Waals surface area (Å²) in [4.78, 5) is 0. The minimum atomic E-state index is -0.651. The van der Waals surface area contributed by atoms with E-state index in [2.05, 4.69) is 0 Å². The molecule has 0 amide bonds. The quantitative estimate of drug-likeness (QED) is 0.504. The second-order valence-corrected chi connectivity index (χ2v) is 3.00. The van der Waals surface area contributed by atoms with Crippen molar-refractivity contribution in [2.24, 2.45) is 11.7 Å². The van der Waals surface area contributed by atoms with Crippen LogP contribution in [0.5, 0.6) is 0 Å². The molecule has 10 heavy (non-hydrogen) atoms. The maximum atomic E-state index is 7.30. The Kier molecular flexibility index (Phi) is 2.72. The fraction of sp³-hybridized carbons (Fsp3) is 0.714. The highest BCUT2D eigenvalue weighted by Crippen LogP contribution is 2.12. The normalized spacial score (nSPS) is 16.5. The van der Waals surface area contributed by atoms with Gasteiger partial charge in [-0.05, 0) is 12.8 Å².